The summed E-state index contributed by atoms with van der Waals surface area (Å²) in [5.41, 5.74) is 11.2. The number of fused-ring (bicyclic) bond motifs is 1. The van der Waals surface area contributed by atoms with E-state index in [1.165, 1.54) is 31.9 Å². The van der Waals surface area contributed by atoms with Crippen molar-refractivity contribution >= 4 is 40.9 Å². The van der Waals surface area contributed by atoms with Gasteiger partial charge in [-0.15, -0.1) is 0 Å². The zero-order valence-electron chi connectivity index (χ0n) is 37.3. The lowest BCUT2D eigenvalue weighted by atomic mass is 9.92. The number of aliphatic hydroxyl groups excluding tert-OH is 3. The van der Waals surface area contributed by atoms with Gasteiger partial charge in [0.25, 0.3) is 5.91 Å². The van der Waals surface area contributed by atoms with Gasteiger partial charge in [-0.2, -0.15) is 11.8 Å². The Balaban J connectivity index is 0.000000729. The van der Waals surface area contributed by atoms with Gasteiger partial charge >= 0.3 is 0 Å². The van der Waals surface area contributed by atoms with E-state index in [4.69, 9.17) is 10.5 Å². The van der Waals surface area contributed by atoms with Crippen LogP contribution in [0.4, 0.5) is 11.4 Å². The summed E-state index contributed by atoms with van der Waals surface area (Å²) in [5, 5.41) is 34.0. The molecule has 1 aromatic heterocycles. The van der Waals surface area contributed by atoms with E-state index in [9.17, 15) is 29.7 Å². The third kappa shape index (κ3) is 14.9. The second-order valence-electron chi connectivity index (χ2n) is 17.0. The molecule has 336 valence electrons. The third-order valence-electron chi connectivity index (χ3n) is 11.2. The Hall–Kier alpha value is -4.79. The van der Waals surface area contributed by atoms with Crippen LogP contribution in [0, 0.1) is 0 Å². The van der Waals surface area contributed by atoms with Crippen LogP contribution in [0.5, 0.6) is 0 Å². The summed E-state index contributed by atoms with van der Waals surface area (Å²) in [6.07, 6.45) is 8.18. The van der Waals surface area contributed by atoms with E-state index in [1.54, 1.807) is 41.1 Å². The maximum Gasteiger partial charge on any atom is 0.255 e. The molecular formula is C49H67N5O7S. The van der Waals surface area contributed by atoms with Crippen molar-refractivity contribution in [2.24, 2.45) is 5.73 Å². The van der Waals surface area contributed by atoms with Gasteiger partial charge in [0.05, 0.1) is 36.8 Å². The summed E-state index contributed by atoms with van der Waals surface area (Å²) >= 11 is 1.75. The Morgan fingerprint density at radius 1 is 0.823 bits per heavy atom. The molecule has 0 atom stereocenters. The van der Waals surface area contributed by atoms with Gasteiger partial charge < -0.3 is 41.3 Å². The Kier molecular flexibility index (Phi) is 19.0. The number of ether oxygens (including phenoxy) is 1. The SMILES string of the molecule is CCN(CC)c1ccc(NC(=O)c2cccc(CSC(C)(C)CCOC(C)(C)CCC(=O)NC(CO)(CO)CO)c2)c(-c2cc(C(N)=O)ccn2)c1.c1ccc2c(c1)CCCC2. The van der Waals surface area contributed by atoms with Gasteiger partial charge in [0.2, 0.25) is 11.8 Å². The number of rotatable bonds is 21. The topological polar surface area (TPSA) is 187 Å². The molecule has 0 bridgehead atoms. The van der Waals surface area contributed by atoms with E-state index < -0.39 is 36.9 Å². The van der Waals surface area contributed by atoms with Crippen molar-refractivity contribution in [3.05, 3.63) is 113 Å². The fourth-order valence-electron chi connectivity index (χ4n) is 7.08. The average Bonchev–Trinajstić information content (AvgIpc) is 3.28. The number of nitrogens with one attached hydrogen (secondary N) is 2. The molecule has 7 N–H and O–H groups in total. The molecule has 1 aliphatic rings. The van der Waals surface area contributed by atoms with Crippen LogP contribution >= 0.6 is 11.8 Å². The number of thioether (sulfide) groups is 1. The van der Waals surface area contributed by atoms with Crippen molar-refractivity contribution in [2.45, 2.75) is 108 Å². The molecule has 0 radical (unpaired) electrons. The van der Waals surface area contributed by atoms with Crippen molar-refractivity contribution in [3.8, 4) is 11.3 Å². The van der Waals surface area contributed by atoms with Gasteiger partial charge in [-0.3, -0.25) is 19.4 Å². The molecule has 0 spiro atoms. The number of aliphatic hydroxyl groups is 3. The number of carbonyl (C=O) groups excluding carboxylic acids is 3. The van der Waals surface area contributed by atoms with E-state index in [0.29, 0.717) is 46.9 Å². The minimum atomic E-state index is -1.45. The summed E-state index contributed by atoms with van der Waals surface area (Å²) < 4.78 is 6.00. The summed E-state index contributed by atoms with van der Waals surface area (Å²) in [6, 6.07) is 25.3. The van der Waals surface area contributed by atoms with E-state index >= 15 is 0 Å². The molecule has 3 aromatic carbocycles. The first-order valence-electron chi connectivity index (χ1n) is 21.6. The van der Waals surface area contributed by atoms with Crippen molar-refractivity contribution in [2.75, 3.05) is 49.7 Å². The van der Waals surface area contributed by atoms with Crippen LogP contribution in [0.25, 0.3) is 11.3 Å². The number of aryl methyl sites for hydroxylation is 2. The molecule has 1 heterocycles. The highest BCUT2D eigenvalue weighted by Gasteiger charge is 2.31. The van der Waals surface area contributed by atoms with Crippen LogP contribution in [0.1, 0.15) is 111 Å². The highest BCUT2D eigenvalue weighted by atomic mass is 32.2. The van der Waals surface area contributed by atoms with Crippen LogP contribution in [-0.4, -0.2) is 93.4 Å². The lowest BCUT2D eigenvalue weighted by Crippen LogP contribution is -2.57. The van der Waals surface area contributed by atoms with Gasteiger partial charge in [-0.25, -0.2) is 0 Å². The molecule has 12 nitrogen and oxygen atoms in total. The summed E-state index contributed by atoms with van der Waals surface area (Å²) in [5.74, 6) is -0.543. The highest BCUT2D eigenvalue weighted by molar-refractivity contribution is 7.99. The van der Waals surface area contributed by atoms with E-state index in [-0.39, 0.29) is 23.0 Å². The predicted octanol–water partition coefficient (Wildman–Crippen LogP) is 7.32. The molecule has 0 saturated carbocycles. The summed E-state index contributed by atoms with van der Waals surface area (Å²) in [6.45, 7) is 12.6. The molecule has 13 heteroatoms. The van der Waals surface area contributed by atoms with Gasteiger partial charge in [-0.05, 0) is 125 Å². The number of carbonyl (C=O) groups is 3. The number of hydrogen-bond donors (Lipinski definition) is 6. The average molecular weight is 870 g/mol. The fraction of sp³-hybridized carbons (Fsp3) is 0.469. The smallest absolute Gasteiger partial charge is 0.255 e. The maximum atomic E-state index is 13.6. The number of benzene rings is 3. The molecule has 0 aliphatic heterocycles. The van der Waals surface area contributed by atoms with Crippen molar-refractivity contribution < 1.29 is 34.4 Å². The quantitative estimate of drug-likeness (QED) is 0.0496. The van der Waals surface area contributed by atoms with Crippen LogP contribution in [0.3, 0.4) is 0 Å². The molecule has 0 saturated heterocycles. The molecule has 62 heavy (non-hydrogen) atoms. The molecule has 1 aliphatic carbocycles. The molecular weight excluding hydrogens is 803 g/mol. The molecule has 4 aromatic rings. The first-order chi connectivity index (χ1) is 29.6. The highest BCUT2D eigenvalue weighted by Crippen LogP contribution is 2.34. The largest absolute Gasteiger partial charge is 0.394 e. The standard InChI is InChI=1S/C39H55N5O7S.C10H12/c1-7-44(8-2)30-12-13-32(31(22-30)33-21-28(35(40)49)15-18-41-33)42-36(50)29-11-9-10-27(20-29)23-52-38(5,6)17-19-51-37(3,4)16-14-34(48)43-39(24-45,25-46)26-47;1-2-6-10-8-4-3-7-9(10)5-1/h9-13,15,18,20-22,45-47H,7-8,14,16-17,19,23-26H2,1-6H3,(H2,40,49)(H,42,50)(H,43,48);1-2,5-6H,3-4,7-8H2. The second kappa shape index (κ2) is 23.6. The third-order valence-corrected chi connectivity index (χ3v) is 12.7. The lowest BCUT2D eigenvalue weighted by Gasteiger charge is -2.31. The van der Waals surface area contributed by atoms with E-state index in [0.717, 1.165) is 30.8 Å². The van der Waals surface area contributed by atoms with Crippen molar-refractivity contribution in [1.29, 1.82) is 0 Å². The zero-order chi connectivity index (χ0) is 45.3. The normalized spacial score (nSPS) is 12.7. The van der Waals surface area contributed by atoms with Gasteiger partial charge in [-0.1, -0.05) is 50.2 Å². The Morgan fingerprint density at radius 3 is 2.10 bits per heavy atom. The van der Waals surface area contributed by atoms with Gasteiger partial charge in [0.15, 0.2) is 0 Å². The Morgan fingerprint density at radius 2 is 1.48 bits per heavy atom. The van der Waals surface area contributed by atoms with Gasteiger partial charge in [0.1, 0.15) is 5.54 Å². The molecule has 5 rings (SSSR count). The first kappa shape index (κ1) is 49.9. The van der Waals surface area contributed by atoms with E-state index in [1.807, 2.05) is 50.2 Å². The van der Waals surface area contributed by atoms with Crippen molar-refractivity contribution in [1.82, 2.24) is 10.3 Å². The lowest BCUT2D eigenvalue weighted by molar-refractivity contribution is -0.127. The summed E-state index contributed by atoms with van der Waals surface area (Å²) in [7, 11) is 0. The molecule has 0 unspecified atom stereocenters. The number of aromatic nitrogens is 1. The van der Waals surface area contributed by atoms with Crippen molar-refractivity contribution in [3.63, 3.8) is 0 Å². The number of hydrogen-bond acceptors (Lipinski definition) is 10. The van der Waals surface area contributed by atoms with Crippen LogP contribution in [0.2, 0.25) is 0 Å². The van der Waals surface area contributed by atoms with Crippen LogP contribution < -0.4 is 21.3 Å². The minimum Gasteiger partial charge on any atom is -0.394 e. The first-order valence-corrected chi connectivity index (χ1v) is 22.6. The maximum absolute atomic E-state index is 13.6. The van der Waals surface area contributed by atoms with E-state index in [2.05, 4.69) is 72.5 Å². The second-order valence-corrected chi connectivity index (χ2v) is 18.7. The molecule has 3 amide bonds. The number of pyridine rings is 1. The number of anilines is 2. The monoisotopic (exact) mass is 869 g/mol. The predicted molar refractivity (Wildman–Crippen MR) is 251 cm³/mol. The Labute approximate surface area is 372 Å². The Bertz CT molecular complexity index is 2050. The molecule has 0 fully saturated rings. The number of primary amides is 1. The van der Waals surface area contributed by atoms with Crippen LogP contribution in [0.15, 0.2) is 85.1 Å². The number of nitrogens with zero attached hydrogens (tertiary/aromatic N) is 2. The minimum absolute atomic E-state index is 0.110. The zero-order valence-corrected chi connectivity index (χ0v) is 38.2. The number of nitrogens with two attached hydrogens (primary N) is 1. The van der Waals surface area contributed by atoms with Gasteiger partial charge in [0, 0.05) is 65.2 Å². The van der Waals surface area contributed by atoms with Crippen LogP contribution in [-0.2, 0) is 28.1 Å². The number of amides is 3. The summed E-state index contributed by atoms with van der Waals surface area (Å²) in [4.78, 5) is 44.6. The fourth-order valence-corrected chi connectivity index (χ4v) is 8.04.